The average molecular weight is 573 g/mol. The molecule has 0 saturated heterocycles. The van der Waals surface area contributed by atoms with Crippen LogP contribution < -0.4 is 9.47 Å². The first-order chi connectivity index (χ1) is 20.2. The van der Waals surface area contributed by atoms with E-state index in [4.69, 9.17) is 14.2 Å². The number of fused-ring (bicyclic) bond motifs is 5. The van der Waals surface area contributed by atoms with Crippen molar-refractivity contribution in [3.8, 4) is 11.5 Å². The molecule has 0 unspecified atom stereocenters. The van der Waals surface area contributed by atoms with Crippen LogP contribution in [0, 0.1) is 28.6 Å². The third kappa shape index (κ3) is 5.20. The van der Waals surface area contributed by atoms with E-state index >= 15 is 0 Å². The molecule has 2 aromatic rings. The molecule has 3 fully saturated rings. The molecule has 0 bridgehead atoms. The number of Topliss-reactive ketones (excluding diaryl/α,β-unsaturated/α-hetero) is 1. The second kappa shape index (κ2) is 11.4. The SMILES string of the molecule is COc1cc(/C=C2/C[C@H]3[C@@H]4CC=C5C[C@@H](OC(C)=O)CC[C@]5(C)[C@H]4CC[C@]3(C)C2=O)ccc1OCCCn1ccnc1. The van der Waals surface area contributed by atoms with E-state index in [9.17, 15) is 9.59 Å². The highest BCUT2D eigenvalue weighted by Gasteiger charge is 2.60. The van der Waals surface area contributed by atoms with Crippen LogP contribution in [0.1, 0.15) is 77.7 Å². The van der Waals surface area contributed by atoms with Crippen molar-refractivity contribution in [2.45, 2.75) is 84.8 Å². The Labute approximate surface area is 249 Å². The summed E-state index contributed by atoms with van der Waals surface area (Å²) in [6.07, 6.45) is 17.7. The average Bonchev–Trinajstić information content (AvgIpc) is 3.58. The fraction of sp³-hybridized carbons (Fsp3) is 0.571. The number of hydrogen-bond acceptors (Lipinski definition) is 6. The zero-order chi connectivity index (χ0) is 29.5. The van der Waals surface area contributed by atoms with E-state index in [-0.39, 0.29) is 22.9 Å². The van der Waals surface area contributed by atoms with Crippen LogP contribution in [-0.4, -0.2) is 41.1 Å². The predicted molar refractivity (Wildman–Crippen MR) is 161 cm³/mol. The fourth-order valence-electron chi connectivity index (χ4n) is 8.70. The van der Waals surface area contributed by atoms with Gasteiger partial charge in [-0.1, -0.05) is 31.6 Å². The van der Waals surface area contributed by atoms with Gasteiger partial charge in [0, 0.05) is 37.7 Å². The topological polar surface area (TPSA) is 79.6 Å². The number of benzene rings is 1. The van der Waals surface area contributed by atoms with Crippen LogP contribution in [0.3, 0.4) is 0 Å². The molecule has 0 aliphatic heterocycles. The maximum Gasteiger partial charge on any atom is 0.302 e. The molecule has 7 heteroatoms. The molecule has 224 valence electrons. The van der Waals surface area contributed by atoms with Gasteiger partial charge < -0.3 is 18.8 Å². The zero-order valence-corrected chi connectivity index (χ0v) is 25.4. The Bertz CT molecular complexity index is 1390. The van der Waals surface area contributed by atoms with E-state index in [2.05, 4.69) is 31.0 Å². The number of methoxy groups -OCH3 is 1. The Morgan fingerprint density at radius 3 is 2.71 bits per heavy atom. The molecular weight excluding hydrogens is 528 g/mol. The third-order valence-corrected chi connectivity index (χ3v) is 10.9. The van der Waals surface area contributed by atoms with E-state index in [1.807, 2.05) is 35.3 Å². The number of carbonyl (C=O) groups is 2. The summed E-state index contributed by atoms with van der Waals surface area (Å²) >= 11 is 0. The van der Waals surface area contributed by atoms with Gasteiger partial charge in [0.25, 0.3) is 0 Å². The number of esters is 1. The van der Waals surface area contributed by atoms with Crippen molar-refractivity contribution in [3.63, 3.8) is 0 Å². The molecule has 7 nitrogen and oxygen atoms in total. The molecule has 1 heterocycles. The summed E-state index contributed by atoms with van der Waals surface area (Å²) in [4.78, 5) is 29.6. The van der Waals surface area contributed by atoms with Gasteiger partial charge >= 0.3 is 5.97 Å². The summed E-state index contributed by atoms with van der Waals surface area (Å²) in [7, 11) is 1.66. The van der Waals surface area contributed by atoms with Gasteiger partial charge in [0.15, 0.2) is 17.3 Å². The number of carbonyl (C=O) groups excluding carboxylic acids is 2. The summed E-state index contributed by atoms with van der Waals surface area (Å²) in [6.45, 7) is 7.59. The van der Waals surface area contributed by atoms with Crippen molar-refractivity contribution in [3.05, 3.63) is 59.7 Å². The van der Waals surface area contributed by atoms with Crippen LogP contribution in [0.4, 0.5) is 0 Å². The molecule has 4 aliphatic rings. The summed E-state index contributed by atoms with van der Waals surface area (Å²) in [5, 5.41) is 0. The third-order valence-electron chi connectivity index (χ3n) is 10.9. The molecule has 1 aromatic heterocycles. The van der Waals surface area contributed by atoms with E-state index < -0.39 is 0 Å². The second-order valence-corrected chi connectivity index (χ2v) is 13.3. The molecule has 0 radical (unpaired) electrons. The minimum Gasteiger partial charge on any atom is -0.493 e. The van der Waals surface area contributed by atoms with Gasteiger partial charge in [-0.2, -0.15) is 0 Å². The molecule has 0 amide bonds. The van der Waals surface area contributed by atoms with Crippen molar-refractivity contribution < 1.29 is 23.8 Å². The summed E-state index contributed by atoms with van der Waals surface area (Å²) < 4.78 is 19.3. The molecular formula is C35H44N2O5. The van der Waals surface area contributed by atoms with Gasteiger partial charge in [-0.15, -0.1) is 0 Å². The maximum absolute atomic E-state index is 13.9. The standard InChI is InChI=1S/C35H44N2O5/c1-23(38)42-27-10-12-34(2)26(21-27)7-8-28-29(34)11-13-35(3)30(28)20-25(33(35)39)18-24-6-9-31(32(19-24)40-4)41-17-5-15-37-16-14-36-22-37/h6-7,9,14,16,18-19,22,27-30H,5,8,10-13,15,17,20-21H2,1-4H3/b25-18-/t27-,28+,29-,30-,34-,35-/m0/s1. The highest BCUT2D eigenvalue weighted by Crippen LogP contribution is 2.65. The normalized spacial score (nSPS) is 32.9. The molecule has 4 aliphatic carbocycles. The van der Waals surface area contributed by atoms with E-state index in [1.165, 1.54) is 12.5 Å². The molecule has 0 spiro atoms. The van der Waals surface area contributed by atoms with Crippen LogP contribution >= 0.6 is 0 Å². The van der Waals surface area contributed by atoms with E-state index in [1.54, 1.807) is 13.3 Å². The van der Waals surface area contributed by atoms with Crippen molar-refractivity contribution in [1.82, 2.24) is 9.55 Å². The van der Waals surface area contributed by atoms with Gasteiger partial charge in [-0.05, 0) is 97.5 Å². The number of aromatic nitrogens is 2. The fourth-order valence-corrected chi connectivity index (χ4v) is 8.70. The Morgan fingerprint density at radius 1 is 1.12 bits per heavy atom. The molecule has 6 rings (SSSR count). The number of hydrogen-bond donors (Lipinski definition) is 0. The predicted octanol–water partition coefficient (Wildman–Crippen LogP) is 6.82. The van der Waals surface area contributed by atoms with Crippen LogP contribution in [0.5, 0.6) is 11.5 Å². The van der Waals surface area contributed by atoms with Crippen LogP contribution in [-0.2, 0) is 20.9 Å². The Hall–Kier alpha value is -3.35. The van der Waals surface area contributed by atoms with Gasteiger partial charge in [0.2, 0.25) is 0 Å². The minimum atomic E-state index is -0.300. The molecule has 0 N–H and O–H groups in total. The summed E-state index contributed by atoms with van der Waals surface area (Å²) in [5.41, 5.74) is 3.23. The lowest BCUT2D eigenvalue weighted by molar-refractivity contribution is -0.148. The smallest absolute Gasteiger partial charge is 0.302 e. The van der Waals surface area contributed by atoms with E-state index in [0.717, 1.165) is 69.0 Å². The second-order valence-electron chi connectivity index (χ2n) is 13.3. The molecule has 1 aromatic carbocycles. The maximum atomic E-state index is 13.9. The number of ketones is 1. The van der Waals surface area contributed by atoms with Crippen molar-refractivity contribution >= 4 is 17.8 Å². The first-order valence-corrected chi connectivity index (χ1v) is 15.6. The highest BCUT2D eigenvalue weighted by atomic mass is 16.5. The van der Waals surface area contributed by atoms with Crippen molar-refractivity contribution in [2.24, 2.45) is 28.6 Å². The van der Waals surface area contributed by atoms with Crippen LogP contribution in [0.15, 0.2) is 54.1 Å². The number of ether oxygens (including phenoxy) is 3. The lowest BCUT2D eigenvalue weighted by Crippen LogP contribution is -2.50. The van der Waals surface area contributed by atoms with Crippen molar-refractivity contribution in [1.29, 1.82) is 0 Å². The van der Waals surface area contributed by atoms with Gasteiger partial charge in [0.1, 0.15) is 6.10 Å². The molecule has 6 atom stereocenters. The molecule has 42 heavy (non-hydrogen) atoms. The summed E-state index contributed by atoms with van der Waals surface area (Å²) in [6, 6.07) is 5.96. The van der Waals surface area contributed by atoms with Crippen LogP contribution in [0.2, 0.25) is 0 Å². The Balaban J connectivity index is 1.16. The highest BCUT2D eigenvalue weighted by molar-refractivity contribution is 6.06. The summed E-state index contributed by atoms with van der Waals surface area (Å²) in [5.74, 6) is 2.98. The Morgan fingerprint density at radius 2 is 1.95 bits per heavy atom. The van der Waals surface area contributed by atoms with Gasteiger partial charge in [0.05, 0.1) is 20.0 Å². The zero-order valence-electron chi connectivity index (χ0n) is 25.4. The number of imidazole rings is 1. The monoisotopic (exact) mass is 572 g/mol. The number of allylic oxidation sites excluding steroid dienone is 2. The van der Waals surface area contributed by atoms with E-state index in [0.29, 0.717) is 41.6 Å². The van der Waals surface area contributed by atoms with Crippen LogP contribution in [0.25, 0.3) is 6.08 Å². The lowest BCUT2D eigenvalue weighted by atomic mass is 9.48. The number of nitrogens with zero attached hydrogens (tertiary/aromatic N) is 2. The number of aryl methyl sites for hydroxylation is 1. The first-order valence-electron chi connectivity index (χ1n) is 15.6. The quantitative estimate of drug-likeness (QED) is 0.150. The van der Waals surface area contributed by atoms with Crippen molar-refractivity contribution in [2.75, 3.05) is 13.7 Å². The lowest BCUT2D eigenvalue weighted by Gasteiger charge is -2.56. The largest absolute Gasteiger partial charge is 0.493 e. The minimum absolute atomic E-state index is 0.00550. The van der Waals surface area contributed by atoms with Gasteiger partial charge in [-0.3, -0.25) is 9.59 Å². The number of rotatable bonds is 8. The Kier molecular flexibility index (Phi) is 7.79. The first kappa shape index (κ1) is 28.8. The van der Waals surface area contributed by atoms with Gasteiger partial charge in [-0.25, -0.2) is 4.98 Å². The molecule has 3 saturated carbocycles.